The number of nitrogens with zero attached hydrogens (tertiary/aromatic N) is 3. The van der Waals surface area contributed by atoms with Gasteiger partial charge in [-0.05, 0) is 40.4 Å². The molecule has 2 aromatic heterocycles. The summed E-state index contributed by atoms with van der Waals surface area (Å²) < 4.78 is 12.7. The van der Waals surface area contributed by atoms with E-state index in [1.807, 2.05) is 12.1 Å². The number of nitrogen functional groups attached to an aromatic ring is 1. The summed E-state index contributed by atoms with van der Waals surface area (Å²) in [5, 5.41) is 9.42. The molecule has 9 heteroatoms. The van der Waals surface area contributed by atoms with Crippen LogP contribution in [-0.4, -0.2) is 43.0 Å². The van der Waals surface area contributed by atoms with Crippen LogP contribution in [0.5, 0.6) is 5.88 Å². The van der Waals surface area contributed by atoms with E-state index in [2.05, 4.69) is 102 Å². The van der Waals surface area contributed by atoms with Gasteiger partial charge in [-0.2, -0.15) is 4.98 Å². The van der Waals surface area contributed by atoms with E-state index in [4.69, 9.17) is 19.9 Å². The average molecular weight is 583 g/mol. The summed E-state index contributed by atoms with van der Waals surface area (Å²) in [5.41, 5.74) is 7.57. The van der Waals surface area contributed by atoms with Crippen molar-refractivity contribution in [1.82, 2.24) is 15.0 Å². The second kappa shape index (κ2) is 12.9. The second-order valence-electron chi connectivity index (χ2n) is 12.0. The number of hydrogen-bond donors (Lipinski definition) is 3. The fourth-order valence-electron chi connectivity index (χ4n) is 6.10. The Bertz CT molecular complexity index is 1410. The van der Waals surface area contributed by atoms with Crippen LogP contribution in [0.15, 0.2) is 85.2 Å². The zero-order valence-electron chi connectivity index (χ0n) is 25.0. The smallest absolute Gasteiger partial charge is 0.261 e. The molecule has 2 atom stereocenters. The summed E-state index contributed by atoms with van der Waals surface area (Å²) in [5.74, 6) is 1.83. The molecule has 4 aromatic rings. The van der Waals surface area contributed by atoms with Crippen molar-refractivity contribution in [3.8, 4) is 5.88 Å². The van der Waals surface area contributed by atoms with Gasteiger partial charge in [-0.15, -0.1) is 0 Å². The molecule has 0 unspecified atom stereocenters. The Morgan fingerprint density at radius 2 is 1.57 bits per heavy atom. The zero-order chi connectivity index (χ0) is 29.6. The normalized spacial score (nSPS) is 17.4. The predicted octanol–water partition coefficient (Wildman–Crippen LogP) is 5.75. The molecule has 2 heterocycles. The first-order chi connectivity index (χ1) is 20.3. The van der Waals surface area contributed by atoms with Crippen LogP contribution in [-0.2, 0) is 4.43 Å². The van der Waals surface area contributed by atoms with Gasteiger partial charge in [0.2, 0.25) is 11.8 Å². The Hall–Kier alpha value is -3.95. The molecule has 1 aliphatic rings. The van der Waals surface area contributed by atoms with Crippen LogP contribution in [0.25, 0.3) is 0 Å². The van der Waals surface area contributed by atoms with Crippen molar-refractivity contribution in [2.24, 2.45) is 5.92 Å². The minimum absolute atomic E-state index is 0.0711. The van der Waals surface area contributed by atoms with Crippen molar-refractivity contribution in [3.05, 3.63) is 85.2 Å². The molecule has 0 saturated heterocycles. The fraction of sp³-hybridized carbons (Fsp3) is 0.364. The molecule has 2 aromatic carbocycles. The molecular weight excluding hydrogens is 540 g/mol. The second-order valence-corrected chi connectivity index (χ2v) is 16.3. The van der Waals surface area contributed by atoms with Gasteiger partial charge in [-0.3, -0.25) is 0 Å². The molecule has 1 saturated carbocycles. The van der Waals surface area contributed by atoms with E-state index < -0.39 is 8.32 Å². The third kappa shape index (κ3) is 6.27. The molecule has 0 bridgehead atoms. The maximum absolute atomic E-state index is 7.33. The fourth-order valence-corrected chi connectivity index (χ4v) is 10.7. The van der Waals surface area contributed by atoms with Gasteiger partial charge in [0, 0.05) is 24.8 Å². The van der Waals surface area contributed by atoms with Crippen LogP contribution in [0.2, 0.25) is 5.04 Å². The number of rotatable bonds is 10. The summed E-state index contributed by atoms with van der Waals surface area (Å²) >= 11 is 0. The Labute approximate surface area is 250 Å². The van der Waals surface area contributed by atoms with Crippen LogP contribution in [0.3, 0.4) is 0 Å². The van der Waals surface area contributed by atoms with Crippen molar-refractivity contribution >= 4 is 41.8 Å². The van der Waals surface area contributed by atoms with Gasteiger partial charge in [-0.25, -0.2) is 9.97 Å². The van der Waals surface area contributed by atoms with Gasteiger partial charge >= 0.3 is 0 Å². The Balaban J connectivity index is 1.40. The van der Waals surface area contributed by atoms with E-state index in [-0.39, 0.29) is 11.1 Å². The molecule has 1 aliphatic carbocycles. The van der Waals surface area contributed by atoms with E-state index in [9.17, 15) is 0 Å². The van der Waals surface area contributed by atoms with Crippen LogP contribution in [0.4, 0.5) is 23.1 Å². The number of pyridine rings is 1. The lowest BCUT2D eigenvalue weighted by molar-refractivity contribution is 0.186. The molecule has 8 nitrogen and oxygen atoms in total. The van der Waals surface area contributed by atoms with Crippen molar-refractivity contribution in [3.63, 3.8) is 0 Å². The van der Waals surface area contributed by atoms with Gasteiger partial charge in [-0.1, -0.05) is 94.3 Å². The van der Waals surface area contributed by atoms with Crippen LogP contribution < -0.4 is 31.5 Å². The number of hydrogen-bond acceptors (Lipinski definition) is 8. The average Bonchev–Trinajstić information content (AvgIpc) is 3.00. The predicted molar refractivity (Wildman–Crippen MR) is 173 cm³/mol. The molecule has 220 valence electrons. The first-order valence-corrected chi connectivity index (χ1v) is 16.6. The van der Waals surface area contributed by atoms with Gasteiger partial charge in [0.15, 0.2) is 5.82 Å². The lowest BCUT2D eigenvalue weighted by Gasteiger charge is -2.44. The van der Waals surface area contributed by atoms with Crippen molar-refractivity contribution in [2.45, 2.75) is 57.5 Å². The van der Waals surface area contributed by atoms with E-state index >= 15 is 0 Å². The Morgan fingerprint density at radius 3 is 2.21 bits per heavy atom. The van der Waals surface area contributed by atoms with E-state index in [1.54, 1.807) is 19.5 Å². The van der Waals surface area contributed by atoms with E-state index in [0.717, 1.165) is 19.3 Å². The number of nitrogens with two attached hydrogens (primary N) is 1. The molecule has 4 N–H and O–H groups in total. The number of anilines is 4. The maximum atomic E-state index is 7.33. The van der Waals surface area contributed by atoms with E-state index in [1.165, 1.54) is 16.8 Å². The molecule has 0 radical (unpaired) electrons. The summed E-state index contributed by atoms with van der Waals surface area (Å²) in [4.78, 5) is 13.4. The highest BCUT2D eigenvalue weighted by Gasteiger charge is 2.50. The number of nitrogens with one attached hydrogen (secondary N) is 2. The third-order valence-corrected chi connectivity index (χ3v) is 13.2. The molecule has 42 heavy (non-hydrogen) atoms. The van der Waals surface area contributed by atoms with Crippen molar-refractivity contribution in [2.75, 3.05) is 30.1 Å². The first kappa shape index (κ1) is 29.5. The number of methoxy groups -OCH3 is 1. The summed E-state index contributed by atoms with van der Waals surface area (Å²) in [6, 6.07) is 25.5. The number of benzene rings is 2. The largest absolute Gasteiger partial charge is 0.480 e. The highest BCUT2D eigenvalue weighted by Crippen LogP contribution is 2.38. The molecule has 5 rings (SSSR count). The lowest BCUT2D eigenvalue weighted by atomic mass is 9.85. The zero-order valence-corrected chi connectivity index (χ0v) is 26.0. The van der Waals surface area contributed by atoms with Gasteiger partial charge < -0.3 is 25.5 Å². The van der Waals surface area contributed by atoms with Gasteiger partial charge in [0.1, 0.15) is 5.69 Å². The van der Waals surface area contributed by atoms with Crippen LogP contribution >= 0.6 is 0 Å². The van der Waals surface area contributed by atoms with Crippen LogP contribution in [0, 0.1) is 5.92 Å². The highest BCUT2D eigenvalue weighted by atomic mass is 28.4. The first-order valence-electron chi connectivity index (χ1n) is 14.7. The Kier molecular flexibility index (Phi) is 9.08. The van der Waals surface area contributed by atoms with Crippen molar-refractivity contribution < 1.29 is 9.16 Å². The monoisotopic (exact) mass is 582 g/mol. The third-order valence-electron chi connectivity index (χ3n) is 8.19. The lowest BCUT2D eigenvalue weighted by Crippen LogP contribution is -2.67. The molecule has 0 amide bonds. The maximum Gasteiger partial charge on any atom is 0.261 e. The summed E-state index contributed by atoms with van der Waals surface area (Å²) in [7, 11) is -1.05. The van der Waals surface area contributed by atoms with Crippen molar-refractivity contribution in [1.29, 1.82) is 0 Å². The minimum atomic E-state index is -2.63. The SMILES string of the molecule is COc1ncccc1Nc1ncc(N)c(N[C@H]2CCCC[C@H]2CO[Si](c2ccccc2)(c2ccccc2)C(C)(C)C)n1. The topological polar surface area (TPSA) is 107 Å². The highest BCUT2D eigenvalue weighted by molar-refractivity contribution is 6.99. The number of aromatic nitrogens is 3. The Morgan fingerprint density at radius 1 is 0.905 bits per heavy atom. The van der Waals surface area contributed by atoms with Gasteiger partial charge in [0.25, 0.3) is 8.32 Å². The van der Waals surface area contributed by atoms with Crippen LogP contribution in [0.1, 0.15) is 46.5 Å². The molecule has 0 aliphatic heterocycles. The standard InChI is InChI=1S/C33H42N6O2Si/c1-33(2,3)42(25-15-7-5-8-16-25,26-17-9-6-10-18-26)41-23-24-14-11-12-19-28(24)37-30-27(34)22-36-32(39-30)38-29-20-13-21-35-31(29)40-4/h5-10,13,15-18,20-22,24,28H,11-12,14,19,23,34H2,1-4H3,(H2,36,37,38,39)/t24-,28-/m0/s1. The van der Waals surface area contributed by atoms with Gasteiger partial charge in [0.05, 0.1) is 19.0 Å². The quantitative estimate of drug-likeness (QED) is 0.203. The summed E-state index contributed by atoms with van der Waals surface area (Å²) in [6.45, 7) is 7.63. The minimum Gasteiger partial charge on any atom is -0.480 e. The summed E-state index contributed by atoms with van der Waals surface area (Å²) in [6.07, 6.45) is 7.75. The molecule has 0 spiro atoms. The molecular formula is C33H42N6O2Si. The molecule has 1 fully saturated rings. The van der Waals surface area contributed by atoms with E-state index in [0.29, 0.717) is 41.5 Å². The number of ether oxygens (including phenoxy) is 1.